The van der Waals surface area contributed by atoms with Gasteiger partial charge in [0, 0.05) is 21.8 Å². The summed E-state index contributed by atoms with van der Waals surface area (Å²) < 4.78 is 10.5. The van der Waals surface area contributed by atoms with Crippen LogP contribution >= 0.6 is 23.2 Å². The molecule has 0 spiro atoms. The van der Waals surface area contributed by atoms with Gasteiger partial charge < -0.3 is 14.8 Å². The fourth-order valence-electron chi connectivity index (χ4n) is 2.00. The van der Waals surface area contributed by atoms with E-state index in [1.807, 2.05) is 6.07 Å². The molecule has 0 saturated carbocycles. The molecule has 0 aliphatic carbocycles. The third kappa shape index (κ3) is 5.71. The summed E-state index contributed by atoms with van der Waals surface area (Å²) in [5, 5.41) is 12.1. The van der Waals surface area contributed by atoms with Crippen molar-refractivity contribution in [2.24, 2.45) is 0 Å². The molecule has 0 atom stereocenters. The van der Waals surface area contributed by atoms with E-state index in [0.717, 1.165) is 5.56 Å². The van der Waals surface area contributed by atoms with Crippen LogP contribution in [0.4, 0.5) is 5.69 Å². The summed E-state index contributed by atoms with van der Waals surface area (Å²) in [6.45, 7) is -0.0733. The minimum Gasteiger partial charge on any atom is -0.493 e. The van der Waals surface area contributed by atoms with Gasteiger partial charge in [-0.2, -0.15) is 5.26 Å². The number of carbonyl (C=O) groups excluding carboxylic acids is 1. The van der Waals surface area contributed by atoms with Crippen molar-refractivity contribution < 1.29 is 14.3 Å². The highest BCUT2D eigenvalue weighted by Gasteiger charge is 2.05. The first-order valence-corrected chi connectivity index (χ1v) is 7.90. The minimum atomic E-state index is -0.331. The standard InChI is InChI=1S/C18H14Cl2N2O3/c1-24-17-8-12(2-4-16(17)25-7-6-21)3-5-18(23)22-15-10-13(19)9-14(20)11-15/h2-5,8-11H,7H2,1H3,(H,22,23)/b5-3+. The van der Waals surface area contributed by atoms with Gasteiger partial charge in [0.25, 0.3) is 0 Å². The number of hydrogen-bond acceptors (Lipinski definition) is 4. The number of anilines is 1. The number of benzene rings is 2. The third-order valence-corrected chi connectivity index (χ3v) is 3.47. The Hall–Kier alpha value is -2.68. The van der Waals surface area contributed by atoms with Gasteiger partial charge in [-0.15, -0.1) is 0 Å². The number of hydrogen-bond donors (Lipinski definition) is 1. The Morgan fingerprint density at radius 2 is 1.92 bits per heavy atom. The van der Waals surface area contributed by atoms with Crippen LogP contribution in [0.1, 0.15) is 5.56 Å². The number of nitrogens with one attached hydrogen (secondary N) is 1. The Morgan fingerprint density at radius 1 is 1.20 bits per heavy atom. The number of rotatable bonds is 6. The summed E-state index contributed by atoms with van der Waals surface area (Å²) in [5.41, 5.74) is 1.24. The molecule has 0 heterocycles. The van der Waals surface area contributed by atoms with Gasteiger partial charge in [0.15, 0.2) is 18.1 Å². The lowest BCUT2D eigenvalue weighted by atomic mass is 10.2. The van der Waals surface area contributed by atoms with E-state index < -0.39 is 0 Å². The van der Waals surface area contributed by atoms with E-state index in [0.29, 0.717) is 27.2 Å². The largest absolute Gasteiger partial charge is 0.493 e. The molecule has 0 fully saturated rings. The molecule has 0 aliphatic heterocycles. The van der Waals surface area contributed by atoms with Crippen molar-refractivity contribution in [2.75, 3.05) is 19.0 Å². The van der Waals surface area contributed by atoms with Crippen LogP contribution in [0.15, 0.2) is 42.5 Å². The third-order valence-electron chi connectivity index (χ3n) is 3.04. The maximum absolute atomic E-state index is 12.0. The summed E-state index contributed by atoms with van der Waals surface area (Å²) in [6, 6.07) is 11.8. The topological polar surface area (TPSA) is 71.3 Å². The molecule has 1 N–H and O–H groups in total. The quantitative estimate of drug-likeness (QED) is 0.750. The van der Waals surface area contributed by atoms with Crippen LogP contribution in [-0.2, 0) is 4.79 Å². The molecular weight excluding hydrogens is 363 g/mol. The van der Waals surface area contributed by atoms with Gasteiger partial charge in [-0.25, -0.2) is 0 Å². The SMILES string of the molecule is COc1cc(/C=C/C(=O)Nc2cc(Cl)cc(Cl)c2)ccc1OCC#N. The fourth-order valence-corrected chi connectivity index (χ4v) is 2.52. The van der Waals surface area contributed by atoms with E-state index in [1.165, 1.54) is 13.2 Å². The number of methoxy groups -OCH3 is 1. The molecule has 2 rings (SSSR count). The predicted molar refractivity (Wildman–Crippen MR) is 98.2 cm³/mol. The van der Waals surface area contributed by atoms with Gasteiger partial charge in [-0.1, -0.05) is 29.3 Å². The number of nitrogens with zero attached hydrogens (tertiary/aromatic N) is 1. The summed E-state index contributed by atoms with van der Waals surface area (Å²) in [4.78, 5) is 12.0. The minimum absolute atomic E-state index is 0.0733. The maximum atomic E-state index is 12.0. The van der Waals surface area contributed by atoms with Crippen LogP contribution in [0.25, 0.3) is 6.08 Å². The molecule has 128 valence electrons. The number of amides is 1. The zero-order valence-electron chi connectivity index (χ0n) is 13.3. The monoisotopic (exact) mass is 376 g/mol. The van der Waals surface area contributed by atoms with Crippen molar-refractivity contribution in [2.45, 2.75) is 0 Å². The lowest BCUT2D eigenvalue weighted by Gasteiger charge is -2.08. The molecule has 1 amide bonds. The highest BCUT2D eigenvalue weighted by atomic mass is 35.5. The van der Waals surface area contributed by atoms with Gasteiger partial charge >= 0.3 is 0 Å². The molecular formula is C18H14Cl2N2O3. The van der Waals surface area contributed by atoms with Gasteiger partial charge in [0.1, 0.15) is 6.07 Å². The maximum Gasteiger partial charge on any atom is 0.248 e. The van der Waals surface area contributed by atoms with Gasteiger partial charge in [-0.3, -0.25) is 4.79 Å². The summed E-state index contributed by atoms with van der Waals surface area (Å²) in [6.07, 6.45) is 3.00. The van der Waals surface area contributed by atoms with Crippen LogP contribution in [0.3, 0.4) is 0 Å². The lowest BCUT2D eigenvalue weighted by Crippen LogP contribution is -2.07. The molecule has 0 aliphatic rings. The van der Waals surface area contributed by atoms with Crippen molar-refractivity contribution in [3.05, 3.63) is 58.1 Å². The Balaban J connectivity index is 2.07. The zero-order valence-corrected chi connectivity index (χ0v) is 14.8. The second kappa shape index (κ2) is 8.97. The number of halogens is 2. The molecule has 2 aromatic carbocycles. The van der Waals surface area contributed by atoms with Crippen molar-refractivity contribution in [1.29, 1.82) is 5.26 Å². The van der Waals surface area contributed by atoms with Crippen LogP contribution in [0.5, 0.6) is 11.5 Å². The van der Waals surface area contributed by atoms with E-state index in [2.05, 4.69) is 5.32 Å². The first-order valence-electron chi connectivity index (χ1n) is 7.15. The normalized spacial score (nSPS) is 10.3. The Bertz CT molecular complexity index is 824. The highest BCUT2D eigenvalue weighted by Crippen LogP contribution is 2.28. The summed E-state index contributed by atoms with van der Waals surface area (Å²) in [7, 11) is 1.50. The van der Waals surface area contributed by atoms with E-state index in [4.69, 9.17) is 37.9 Å². The number of nitriles is 1. The van der Waals surface area contributed by atoms with Crippen LogP contribution in [0.2, 0.25) is 10.0 Å². The number of ether oxygens (including phenoxy) is 2. The van der Waals surface area contributed by atoms with Gasteiger partial charge in [0.2, 0.25) is 5.91 Å². The smallest absolute Gasteiger partial charge is 0.248 e. The van der Waals surface area contributed by atoms with Gasteiger partial charge in [-0.05, 0) is 42.0 Å². The summed E-state index contributed by atoms with van der Waals surface area (Å²) in [5.74, 6) is 0.598. The molecule has 0 saturated heterocycles. The van der Waals surface area contributed by atoms with Crippen LogP contribution in [0, 0.1) is 11.3 Å². The molecule has 0 aromatic heterocycles. The zero-order chi connectivity index (χ0) is 18.2. The summed E-state index contributed by atoms with van der Waals surface area (Å²) >= 11 is 11.8. The van der Waals surface area contributed by atoms with E-state index in [-0.39, 0.29) is 12.5 Å². The van der Waals surface area contributed by atoms with Crippen molar-refractivity contribution in [1.82, 2.24) is 0 Å². The molecule has 2 aromatic rings. The van der Waals surface area contributed by atoms with Crippen LogP contribution in [-0.4, -0.2) is 19.6 Å². The first kappa shape index (κ1) is 18.7. The van der Waals surface area contributed by atoms with Gasteiger partial charge in [0.05, 0.1) is 7.11 Å². The molecule has 5 nitrogen and oxygen atoms in total. The molecule has 0 unspecified atom stereocenters. The Labute approximate surface area is 155 Å². The highest BCUT2D eigenvalue weighted by molar-refractivity contribution is 6.35. The average molecular weight is 377 g/mol. The van der Waals surface area contributed by atoms with Crippen LogP contribution < -0.4 is 14.8 Å². The molecule has 7 heteroatoms. The van der Waals surface area contributed by atoms with E-state index >= 15 is 0 Å². The Morgan fingerprint density at radius 3 is 2.56 bits per heavy atom. The Kier molecular flexibility index (Phi) is 6.70. The van der Waals surface area contributed by atoms with Crippen molar-refractivity contribution in [3.8, 4) is 17.6 Å². The van der Waals surface area contributed by atoms with Crippen molar-refractivity contribution in [3.63, 3.8) is 0 Å². The molecule has 0 radical (unpaired) electrons. The van der Waals surface area contributed by atoms with E-state index in [1.54, 1.807) is 42.5 Å². The lowest BCUT2D eigenvalue weighted by molar-refractivity contribution is -0.111. The number of carbonyl (C=O) groups is 1. The predicted octanol–water partition coefficient (Wildman–Crippen LogP) is 4.56. The fraction of sp³-hybridized carbons (Fsp3) is 0.111. The average Bonchev–Trinajstić information content (AvgIpc) is 2.57. The second-order valence-corrected chi connectivity index (χ2v) is 5.71. The van der Waals surface area contributed by atoms with E-state index in [9.17, 15) is 4.79 Å². The second-order valence-electron chi connectivity index (χ2n) is 4.84. The first-order chi connectivity index (χ1) is 12.0. The molecule has 0 bridgehead atoms. The molecule has 25 heavy (non-hydrogen) atoms. The van der Waals surface area contributed by atoms with Crippen molar-refractivity contribution >= 4 is 40.9 Å².